The molecule has 0 aliphatic heterocycles. The van der Waals surface area contributed by atoms with Crippen LogP contribution in [0, 0.1) is 0 Å². The summed E-state index contributed by atoms with van der Waals surface area (Å²) in [5.41, 5.74) is 5.12. The maximum Gasteiger partial charge on any atom is 0.416 e. The minimum absolute atomic E-state index is 0.0941. The van der Waals surface area contributed by atoms with Crippen molar-refractivity contribution in [3.63, 3.8) is 0 Å². The average molecular weight is 299 g/mol. The van der Waals surface area contributed by atoms with E-state index in [1.807, 2.05) is 0 Å². The highest BCUT2D eigenvalue weighted by molar-refractivity contribution is 5.88. The highest BCUT2D eigenvalue weighted by Crippen LogP contribution is 2.32. The van der Waals surface area contributed by atoms with Gasteiger partial charge in [0, 0.05) is 6.20 Å². The highest BCUT2D eigenvalue weighted by Gasteiger charge is 2.31. The van der Waals surface area contributed by atoms with E-state index >= 15 is 0 Å². The number of carbonyl (C=O) groups is 1. The predicted molar refractivity (Wildman–Crippen MR) is 68.9 cm³/mol. The van der Waals surface area contributed by atoms with Crippen LogP contribution in [0.15, 0.2) is 30.6 Å². The fraction of sp³-hybridized carbons (Fsp3) is 0.231. The molecule has 1 heterocycles. The third-order valence-electron chi connectivity index (χ3n) is 2.70. The molecule has 5 nitrogen and oxygen atoms in total. The monoisotopic (exact) mass is 299 g/mol. The lowest BCUT2D eigenvalue weighted by atomic mass is 10.1. The highest BCUT2D eigenvalue weighted by atomic mass is 19.4. The van der Waals surface area contributed by atoms with E-state index in [0.29, 0.717) is 0 Å². The van der Waals surface area contributed by atoms with Crippen LogP contribution in [0.2, 0.25) is 0 Å². The summed E-state index contributed by atoms with van der Waals surface area (Å²) < 4.78 is 43.7. The Morgan fingerprint density at radius 2 is 2.14 bits per heavy atom. The molecule has 0 saturated heterocycles. The normalized spacial score (nSPS) is 11.4. The largest absolute Gasteiger partial charge is 0.462 e. The number of nitrogen functional groups attached to an aromatic ring is 1. The van der Waals surface area contributed by atoms with Gasteiger partial charge < -0.3 is 10.5 Å². The second kappa shape index (κ2) is 5.47. The molecule has 2 N–H and O–H groups in total. The summed E-state index contributed by atoms with van der Waals surface area (Å²) in [6.45, 7) is 1.88. The van der Waals surface area contributed by atoms with Crippen molar-refractivity contribution in [3.8, 4) is 5.69 Å². The SMILES string of the molecule is CCOC(=O)c1cnn(-c2ccc(C(F)(F)F)cc2N)c1. The number of anilines is 1. The fourth-order valence-corrected chi connectivity index (χ4v) is 1.71. The Hall–Kier alpha value is -2.51. The number of carbonyl (C=O) groups excluding carboxylic acids is 1. The molecule has 112 valence electrons. The van der Waals surface area contributed by atoms with Crippen LogP contribution in [0.3, 0.4) is 0 Å². The summed E-state index contributed by atoms with van der Waals surface area (Å²) in [6.07, 6.45) is -1.86. The van der Waals surface area contributed by atoms with Crippen molar-refractivity contribution in [2.24, 2.45) is 0 Å². The number of nitrogens with two attached hydrogens (primary N) is 1. The van der Waals surface area contributed by atoms with Crippen LogP contribution in [0.1, 0.15) is 22.8 Å². The van der Waals surface area contributed by atoms with Crippen LogP contribution in [0.25, 0.3) is 5.69 Å². The molecule has 2 aromatic rings. The van der Waals surface area contributed by atoms with Crippen molar-refractivity contribution in [2.75, 3.05) is 12.3 Å². The van der Waals surface area contributed by atoms with Crippen LogP contribution >= 0.6 is 0 Å². The van der Waals surface area contributed by atoms with E-state index < -0.39 is 17.7 Å². The zero-order valence-electron chi connectivity index (χ0n) is 11.0. The first-order valence-corrected chi connectivity index (χ1v) is 6.02. The van der Waals surface area contributed by atoms with Crippen LogP contribution in [0.4, 0.5) is 18.9 Å². The van der Waals surface area contributed by atoms with Gasteiger partial charge in [0.2, 0.25) is 0 Å². The van der Waals surface area contributed by atoms with Gasteiger partial charge in [0.15, 0.2) is 0 Å². The zero-order chi connectivity index (χ0) is 15.6. The molecule has 0 bridgehead atoms. The molecule has 1 aromatic carbocycles. The molecule has 0 fully saturated rings. The summed E-state index contributed by atoms with van der Waals surface area (Å²) in [5.74, 6) is -0.561. The van der Waals surface area contributed by atoms with Gasteiger partial charge in [0.1, 0.15) is 0 Å². The Morgan fingerprint density at radius 1 is 1.43 bits per heavy atom. The number of halogens is 3. The summed E-state index contributed by atoms with van der Waals surface area (Å²) >= 11 is 0. The van der Waals surface area contributed by atoms with Gasteiger partial charge in [-0.1, -0.05) is 0 Å². The number of nitrogens with zero attached hydrogens (tertiary/aromatic N) is 2. The fourth-order valence-electron chi connectivity index (χ4n) is 1.71. The molecular formula is C13H12F3N3O2. The second-order valence-electron chi connectivity index (χ2n) is 4.17. The Balaban J connectivity index is 2.33. The zero-order valence-corrected chi connectivity index (χ0v) is 11.0. The molecule has 1 aromatic heterocycles. The number of alkyl halides is 3. The Bertz CT molecular complexity index is 665. The molecule has 8 heteroatoms. The summed E-state index contributed by atoms with van der Waals surface area (Å²) in [5, 5.41) is 3.90. The smallest absolute Gasteiger partial charge is 0.416 e. The van der Waals surface area contributed by atoms with Crippen molar-refractivity contribution in [1.29, 1.82) is 0 Å². The lowest BCUT2D eigenvalue weighted by Gasteiger charge is -2.10. The van der Waals surface area contributed by atoms with Gasteiger partial charge in [-0.25, -0.2) is 9.48 Å². The van der Waals surface area contributed by atoms with Gasteiger partial charge in [-0.3, -0.25) is 0 Å². The van der Waals surface area contributed by atoms with E-state index in [9.17, 15) is 18.0 Å². The topological polar surface area (TPSA) is 70.1 Å². The lowest BCUT2D eigenvalue weighted by Crippen LogP contribution is -2.08. The minimum Gasteiger partial charge on any atom is -0.462 e. The van der Waals surface area contributed by atoms with Crippen molar-refractivity contribution < 1.29 is 22.7 Å². The molecule has 0 unspecified atom stereocenters. The van der Waals surface area contributed by atoms with E-state index in [4.69, 9.17) is 10.5 Å². The van der Waals surface area contributed by atoms with Crippen LogP contribution in [-0.4, -0.2) is 22.4 Å². The molecule has 0 radical (unpaired) electrons. The Morgan fingerprint density at radius 3 is 2.71 bits per heavy atom. The summed E-state index contributed by atoms with van der Waals surface area (Å²) in [7, 11) is 0. The molecule has 0 aliphatic carbocycles. The quantitative estimate of drug-likeness (QED) is 0.698. The molecule has 2 rings (SSSR count). The molecule has 0 amide bonds. The number of hydrogen-bond acceptors (Lipinski definition) is 4. The maximum absolute atomic E-state index is 12.6. The number of hydrogen-bond donors (Lipinski definition) is 1. The average Bonchev–Trinajstić information content (AvgIpc) is 2.87. The van der Waals surface area contributed by atoms with Crippen LogP contribution in [-0.2, 0) is 10.9 Å². The first-order chi connectivity index (χ1) is 9.82. The first kappa shape index (κ1) is 14.9. The number of esters is 1. The van der Waals surface area contributed by atoms with Crippen molar-refractivity contribution in [3.05, 3.63) is 41.7 Å². The number of benzene rings is 1. The van der Waals surface area contributed by atoms with Gasteiger partial charge >= 0.3 is 12.1 Å². The third kappa shape index (κ3) is 3.15. The molecule has 0 spiro atoms. The van der Waals surface area contributed by atoms with E-state index in [1.54, 1.807) is 6.92 Å². The van der Waals surface area contributed by atoms with Crippen LogP contribution < -0.4 is 5.73 Å². The number of ether oxygens (including phenoxy) is 1. The molecule has 0 aliphatic rings. The van der Waals surface area contributed by atoms with Gasteiger partial charge in [-0.15, -0.1) is 0 Å². The third-order valence-corrected chi connectivity index (χ3v) is 2.70. The second-order valence-corrected chi connectivity index (χ2v) is 4.17. The van der Waals surface area contributed by atoms with Crippen molar-refractivity contribution in [2.45, 2.75) is 13.1 Å². The van der Waals surface area contributed by atoms with Gasteiger partial charge in [-0.2, -0.15) is 18.3 Å². The number of rotatable bonds is 3. The van der Waals surface area contributed by atoms with E-state index in [1.165, 1.54) is 23.1 Å². The lowest BCUT2D eigenvalue weighted by molar-refractivity contribution is -0.137. The Kier molecular flexibility index (Phi) is 3.88. The van der Waals surface area contributed by atoms with Gasteiger partial charge in [0.05, 0.1) is 35.3 Å². The van der Waals surface area contributed by atoms with Crippen molar-refractivity contribution >= 4 is 11.7 Å². The van der Waals surface area contributed by atoms with E-state index in [-0.39, 0.29) is 23.5 Å². The molecule has 0 atom stereocenters. The van der Waals surface area contributed by atoms with E-state index in [0.717, 1.165) is 12.1 Å². The predicted octanol–water partition coefficient (Wildman–Crippen LogP) is 2.65. The Labute approximate surface area is 118 Å². The van der Waals surface area contributed by atoms with E-state index in [2.05, 4.69) is 5.10 Å². The molecular weight excluding hydrogens is 287 g/mol. The standard InChI is InChI=1S/C13H12F3N3O2/c1-2-21-12(20)8-6-18-19(7-8)11-4-3-9(5-10(11)17)13(14,15)16/h3-7H,2,17H2,1H3. The van der Waals surface area contributed by atoms with Gasteiger partial charge in [0.25, 0.3) is 0 Å². The minimum atomic E-state index is -4.47. The summed E-state index contributed by atoms with van der Waals surface area (Å²) in [6, 6.07) is 2.92. The van der Waals surface area contributed by atoms with Crippen molar-refractivity contribution in [1.82, 2.24) is 9.78 Å². The summed E-state index contributed by atoms with van der Waals surface area (Å²) in [4.78, 5) is 11.5. The molecule has 21 heavy (non-hydrogen) atoms. The first-order valence-electron chi connectivity index (χ1n) is 6.02. The van der Waals surface area contributed by atoms with Gasteiger partial charge in [-0.05, 0) is 25.1 Å². The maximum atomic E-state index is 12.6. The number of aromatic nitrogens is 2. The van der Waals surface area contributed by atoms with Crippen LogP contribution in [0.5, 0.6) is 0 Å². The molecule has 0 saturated carbocycles.